The highest BCUT2D eigenvalue weighted by molar-refractivity contribution is 5.65. The maximum absolute atomic E-state index is 10.6. The van der Waals surface area contributed by atoms with E-state index >= 15 is 0 Å². The smallest absolute Gasteiger partial charge is 0.302 e. The van der Waals surface area contributed by atoms with Crippen LogP contribution < -0.4 is 4.74 Å². The van der Waals surface area contributed by atoms with Gasteiger partial charge in [-0.1, -0.05) is 17.7 Å². The molecule has 3 nitrogen and oxygen atoms in total. The Balaban J connectivity index is 2.00. The molecule has 0 radical (unpaired) electrons. The molecule has 1 atom stereocenters. The number of carbonyl (C=O) groups excluding carboxylic acids is 1. The highest BCUT2D eigenvalue weighted by Gasteiger charge is 2.23. The highest BCUT2D eigenvalue weighted by Crippen LogP contribution is 2.29. The van der Waals surface area contributed by atoms with Crippen molar-refractivity contribution in [2.45, 2.75) is 26.4 Å². The third-order valence-electron chi connectivity index (χ3n) is 2.43. The molecule has 15 heavy (non-hydrogen) atoms. The molecule has 1 aliphatic heterocycles. The summed E-state index contributed by atoms with van der Waals surface area (Å²) in [5.74, 6) is 0.656. The van der Waals surface area contributed by atoms with Crippen LogP contribution in [0.1, 0.15) is 18.1 Å². The summed E-state index contributed by atoms with van der Waals surface area (Å²) in [5, 5.41) is 0. The second kappa shape index (κ2) is 3.93. The third kappa shape index (κ3) is 2.29. The van der Waals surface area contributed by atoms with Gasteiger partial charge in [0.2, 0.25) is 0 Å². The van der Waals surface area contributed by atoms with E-state index in [-0.39, 0.29) is 12.1 Å². The molecule has 1 aromatic carbocycles. The van der Waals surface area contributed by atoms with E-state index in [1.807, 2.05) is 12.1 Å². The Labute approximate surface area is 89.0 Å². The van der Waals surface area contributed by atoms with Gasteiger partial charge in [0.15, 0.2) is 0 Å². The van der Waals surface area contributed by atoms with Crippen molar-refractivity contribution in [2.75, 3.05) is 6.61 Å². The van der Waals surface area contributed by atoms with Crippen molar-refractivity contribution in [3.8, 4) is 5.75 Å². The number of esters is 1. The zero-order chi connectivity index (χ0) is 10.8. The molecule has 0 saturated heterocycles. The van der Waals surface area contributed by atoms with Gasteiger partial charge in [-0.15, -0.1) is 0 Å². The van der Waals surface area contributed by atoms with Crippen LogP contribution in [0.15, 0.2) is 18.2 Å². The number of ether oxygens (including phenoxy) is 2. The largest absolute Gasteiger partial charge is 0.486 e. The average Bonchev–Trinajstić information content (AvgIpc) is 2.56. The molecule has 0 aromatic heterocycles. The molecule has 0 aliphatic carbocycles. The van der Waals surface area contributed by atoms with Gasteiger partial charge >= 0.3 is 5.97 Å². The molecule has 1 aliphatic rings. The van der Waals surface area contributed by atoms with Gasteiger partial charge in [0.25, 0.3) is 0 Å². The summed E-state index contributed by atoms with van der Waals surface area (Å²) in [5.41, 5.74) is 2.43. The van der Waals surface area contributed by atoms with Crippen molar-refractivity contribution in [1.29, 1.82) is 0 Å². The van der Waals surface area contributed by atoms with Gasteiger partial charge in [-0.05, 0) is 18.6 Å². The first kappa shape index (κ1) is 10.0. The van der Waals surface area contributed by atoms with E-state index in [4.69, 9.17) is 9.47 Å². The Morgan fingerprint density at radius 2 is 2.40 bits per heavy atom. The van der Waals surface area contributed by atoms with Crippen LogP contribution in [-0.4, -0.2) is 18.7 Å². The van der Waals surface area contributed by atoms with Crippen LogP contribution in [0.4, 0.5) is 0 Å². The number of benzene rings is 1. The van der Waals surface area contributed by atoms with Crippen molar-refractivity contribution in [3.63, 3.8) is 0 Å². The molecule has 1 heterocycles. The third-order valence-corrected chi connectivity index (χ3v) is 2.43. The first-order chi connectivity index (χ1) is 7.15. The van der Waals surface area contributed by atoms with Crippen molar-refractivity contribution < 1.29 is 14.3 Å². The van der Waals surface area contributed by atoms with Gasteiger partial charge in [0.05, 0.1) is 0 Å². The Hall–Kier alpha value is -1.51. The number of hydrogen-bond acceptors (Lipinski definition) is 3. The lowest BCUT2D eigenvalue weighted by molar-refractivity contribution is -0.143. The Bertz CT molecular complexity index is 384. The maximum atomic E-state index is 10.6. The van der Waals surface area contributed by atoms with Crippen LogP contribution in [0.25, 0.3) is 0 Å². The number of carbonyl (C=O) groups is 1. The topological polar surface area (TPSA) is 35.5 Å². The zero-order valence-corrected chi connectivity index (χ0v) is 8.95. The fraction of sp³-hybridized carbons (Fsp3) is 0.417. The molecular weight excluding hydrogens is 192 g/mol. The second-order valence-corrected chi connectivity index (χ2v) is 3.86. The van der Waals surface area contributed by atoms with Gasteiger partial charge in [0, 0.05) is 13.3 Å². The Kier molecular flexibility index (Phi) is 2.62. The molecule has 80 valence electrons. The maximum Gasteiger partial charge on any atom is 0.302 e. The minimum absolute atomic E-state index is 0.0225. The van der Waals surface area contributed by atoms with Crippen molar-refractivity contribution in [1.82, 2.24) is 0 Å². The van der Waals surface area contributed by atoms with E-state index in [1.165, 1.54) is 18.1 Å². The molecule has 3 heteroatoms. The van der Waals surface area contributed by atoms with Crippen LogP contribution in [0.2, 0.25) is 0 Å². The van der Waals surface area contributed by atoms with Crippen molar-refractivity contribution >= 4 is 5.97 Å². The molecule has 0 saturated carbocycles. The van der Waals surface area contributed by atoms with Crippen LogP contribution in [0.5, 0.6) is 5.75 Å². The molecular formula is C12H14O3. The number of hydrogen-bond donors (Lipinski definition) is 0. The summed E-state index contributed by atoms with van der Waals surface area (Å²) in [6.07, 6.45) is 0.801. The van der Waals surface area contributed by atoms with E-state index in [0.717, 1.165) is 12.2 Å². The summed E-state index contributed by atoms with van der Waals surface area (Å²) in [7, 11) is 0. The van der Waals surface area contributed by atoms with Gasteiger partial charge in [-0.25, -0.2) is 0 Å². The van der Waals surface area contributed by atoms with Crippen molar-refractivity contribution in [3.05, 3.63) is 29.3 Å². The summed E-state index contributed by atoms with van der Waals surface area (Å²) < 4.78 is 10.6. The first-order valence-corrected chi connectivity index (χ1v) is 5.04. The van der Waals surface area contributed by atoms with Gasteiger partial charge in [0.1, 0.15) is 18.5 Å². The molecule has 0 spiro atoms. The van der Waals surface area contributed by atoms with Gasteiger partial charge < -0.3 is 9.47 Å². The Morgan fingerprint density at radius 1 is 1.60 bits per heavy atom. The summed E-state index contributed by atoms with van der Waals surface area (Å²) in [6.45, 7) is 3.80. The first-order valence-electron chi connectivity index (χ1n) is 5.04. The lowest BCUT2D eigenvalue weighted by atomic mass is 10.1. The molecule has 1 aromatic rings. The van der Waals surface area contributed by atoms with E-state index in [9.17, 15) is 4.79 Å². The number of fused-ring (bicyclic) bond motifs is 1. The molecule has 0 amide bonds. The van der Waals surface area contributed by atoms with E-state index < -0.39 is 0 Å². The molecule has 2 rings (SSSR count). The Morgan fingerprint density at radius 3 is 3.13 bits per heavy atom. The minimum Gasteiger partial charge on any atom is -0.486 e. The highest BCUT2D eigenvalue weighted by atomic mass is 16.6. The van der Waals surface area contributed by atoms with Gasteiger partial charge in [-0.3, -0.25) is 4.79 Å². The SMILES string of the molecule is CC(=O)OC[C@H]1Cc2cc(C)ccc2O1. The lowest BCUT2D eigenvalue weighted by Gasteiger charge is -2.09. The van der Waals surface area contributed by atoms with Crippen LogP contribution >= 0.6 is 0 Å². The fourth-order valence-electron chi connectivity index (χ4n) is 1.75. The van der Waals surface area contributed by atoms with Crippen LogP contribution in [-0.2, 0) is 16.0 Å². The molecule has 0 fully saturated rings. The zero-order valence-electron chi connectivity index (χ0n) is 8.95. The number of aryl methyl sites for hydroxylation is 1. The standard InChI is InChI=1S/C12H14O3/c1-8-3-4-12-10(5-8)6-11(15-12)7-14-9(2)13/h3-5,11H,6-7H2,1-2H3/t11-/m1/s1. The second-order valence-electron chi connectivity index (χ2n) is 3.86. The lowest BCUT2D eigenvalue weighted by Crippen LogP contribution is -2.21. The summed E-state index contributed by atoms with van der Waals surface area (Å²) in [4.78, 5) is 10.6. The molecule has 0 unspecified atom stereocenters. The van der Waals surface area contributed by atoms with E-state index in [1.54, 1.807) is 0 Å². The van der Waals surface area contributed by atoms with E-state index in [2.05, 4.69) is 13.0 Å². The quantitative estimate of drug-likeness (QED) is 0.693. The summed E-state index contributed by atoms with van der Waals surface area (Å²) in [6, 6.07) is 6.11. The normalized spacial score (nSPS) is 18.1. The van der Waals surface area contributed by atoms with Crippen LogP contribution in [0, 0.1) is 6.92 Å². The molecule has 0 bridgehead atoms. The van der Waals surface area contributed by atoms with Crippen molar-refractivity contribution in [2.24, 2.45) is 0 Å². The van der Waals surface area contributed by atoms with E-state index in [0.29, 0.717) is 6.61 Å². The summed E-state index contributed by atoms with van der Waals surface area (Å²) >= 11 is 0. The predicted octanol–water partition coefficient (Wildman–Crippen LogP) is 1.86. The molecule has 0 N–H and O–H groups in total. The monoisotopic (exact) mass is 206 g/mol. The van der Waals surface area contributed by atoms with Crippen LogP contribution in [0.3, 0.4) is 0 Å². The average molecular weight is 206 g/mol. The fourth-order valence-corrected chi connectivity index (χ4v) is 1.75. The predicted molar refractivity (Wildman–Crippen MR) is 55.9 cm³/mol. The number of rotatable bonds is 2. The minimum atomic E-state index is -0.259. The van der Waals surface area contributed by atoms with Gasteiger partial charge in [-0.2, -0.15) is 0 Å².